The topological polar surface area (TPSA) is 73.0 Å². The summed E-state index contributed by atoms with van der Waals surface area (Å²) < 4.78 is 41.5. The zero-order valence-electron chi connectivity index (χ0n) is 19.8. The van der Waals surface area contributed by atoms with Gasteiger partial charge in [0.2, 0.25) is 5.91 Å². The molecule has 188 valence electrons. The molecular weight excluding hydrogens is 461 g/mol. The van der Waals surface area contributed by atoms with Gasteiger partial charge in [-0.3, -0.25) is 14.5 Å². The van der Waals surface area contributed by atoms with E-state index in [0.29, 0.717) is 18.8 Å². The minimum absolute atomic E-state index is 0.0391. The highest BCUT2D eigenvalue weighted by Crippen LogP contribution is 2.42. The molecule has 1 saturated heterocycles. The average molecular weight is 491 g/mol. The van der Waals surface area contributed by atoms with Crippen LogP contribution in [0.3, 0.4) is 0 Å². The summed E-state index contributed by atoms with van der Waals surface area (Å²) in [6, 6.07) is 2.22. The molecule has 3 aliphatic heterocycles. The number of carbonyl (C=O) groups is 3. The van der Waals surface area contributed by atoms with Crippen LogP contribution in [0, 0.1) is 5.92 Å². The van der Waals surface area contributed by atoms with E-state index >= 15 is 0 Å². The Morgan fingerprint density at radius 1 is 1.20 bits per heavy atom. The molecule has 10 heteroatoms. The fourth-order valence-corrected chi connectivity index (χ4v) is 5.20. The van der Waals surface area contributed by atoms with Crippen LogP contribution in [0.2, 0.25) is 0 Å². The van der Waals surface area contributed by atoms with Crippen LogP contribution in [0.15, 0.2) is 48.2 Å². The maximum Gasteiger partial charge on any atom is 0.416 e. The van der Waals surface area contributed by atoms with E-state index in [4.69, 9.17) is 0 Å². The maximum absolute atomic E-state index is 13.8. The Labute approximate surface area is 202 Å². The summed E-state index contributed by atoms with van der Waals surface area (Å²) in [5, 5.41) is 2.59. The number of likely N-dealkylation sites (tertiary alicyclic amines) is 1. The van der Waals surface area contributed by atoms with E-state index in [1.807, 2.05) is 13.8 Å². The highest BCUT2D eigenvalue weighted by Gasteiger charge is 2.49. The smallest absolute Gasteiger partial charge is 0.341 e. The quantitative estimate of drug-likeness (QED) is 0.618. The van der Waals surface area contributed by atoms with Gasteiger partial charge in [-0.05, 0) is 30.4 Å². The first-order valence-electron chi connectivity index (χ1n) is 11.7. The fraction of sp³-hybridized carbons (Fsp3) is 0.480. The monoisotopic (exact) mass is 490 g/mol. The van der Waals surface area contributed by atoms with Crippen LogP contribution in [0.4, 0.5) is 18.0 Å². The van der Waals surface area contributed by atoms with Gasteiger partial charge in [-0.1, -0.05) is 38.1 Å². The molecule has 1 aromatic carbocycles. The molecule has 4 amide bonds. The van der Waals surface area contributed by atoms with Crippen molar-refractivity contribution in [2.45, 2.75) is 44.9 Å². The number of alkyl halides is 3. The van der Waals surface area contributed by atoms with E-state index in [0.717, 1.165) is 18.9 Å². The van der Waals surface area contributed by atoms with Crippen LogP contribution >= 0.6 is 0 Å². The zero-order valence-corrected chi connectivity index (χ0v) is 19.8. The number of halogens is 3. The highest BCUT2D eigenvalue weighted by molar-refractivity contribution is 6.03. The fourth-order valence-electron chi connectivity index (χ4n) is 5.20. The van der Waals surface area contributed by atoms with E-state index in [9.17, 15) is 27.6 Å². The van der Waals surface area contributed by atoms with Crippen molar-refractivity contribution in [2.24, 2.45) is 5.92 Å². The summed E-state index contributed by atoms with van der Waals surface area (Å²) in [7, 11) is 0. The molecule has 0 unspecified atom stereocenters. The summed E-state index contributed by atoms with van der Waals surface area (Å²) >= 11 is 0. The van der Waals surface area contributed by atoms with Crippen molar-refractivity contribution in [3.8, 4) is 0 Å². The van der Waals surface area contributed by atoms with Crippen LogP contribution in [0.1, 0.15) is 43.9 Å². The van der Waals surface area contributed by atoms with Crippen molar-refractivity contribution in [1.29, 1.82) is 0 Å². The molecule has 0 aliphatic carbocycles. The molecular formula is C25H29F3N4O3. The van der Waals surface area contributed by atoms with Crippen molar-refractivity contribution in [3.63, 3.8) is 0 Å². The van der Waals surface area contributed by atoms with Gasteiger partial charge in [0.25, 0.3) is 5.91 Å². The number of benzene rings is 1. The van der Waals surface area contributed by atoms with Gasteiger partial charge >= 0.3 is 12.2 Å². The van der Waals surface area contributed by atoms with Crippen molar-refractivity contribution < 1.29 is 27.6 Å². The third kappa shape index (κ3) is 4.41. The number of amides is 4. The van der Waals surface area contributed by atoms with Crippen LogP contribution in [0.5, 0.6) is 0 Å². The summed E-state index contributed by atoms with van der Waals surface area (Å²) in [6.45, 7) is 8.59. The van der Waals surface area contributed by atoms with Crippen molar-refractivity contribution in [3.05, 3.63) is 59.3 Å². The molecule has 0 radical (unpaired) electrons. The summed E-state index contributed by atoms with van der Waals surface area (Å²) in [4.78, 5) is 44.6. The molecule has 0 spiro atoms. The van der Waals surface area contributed by atoms with Crippen molar-refractivity contribution >= 4 is 17.8 Å². The number of nitrogens with zero attached hydrogens (tertiary/aromatic N) is 3. The van der Waals surface area contributed by atoms with E-state index < -0.39 is 35.8 Å². The first kappa shape index (κ1) is 24.8. The summed E-state index contributed by atoms with van der Waals surface area (Å²) in [5.74, 6) is -0.944. The Hall–Kier alpha value is -3.30. The third-order valence-corrected chi connectivity index (χ3v) is 6.78. The number of hydrogen-bond donors (Lipinski definition) is 1. The van der Waals surface area contributed by atoms with E-state index in [-0.39, 0.29) is 36.1 Å². The van der Waals surface area contributed by atoms with E-state index in [1.165, 1.54) is 34.1 Å². The normalized spacial score (nSPS) is 21.5. The molecule has 0 bridgehead atoms. The number of hydrogen-bond acceptors (Lipinski definition) is 3. The minimum Gasteiger partial charge on any atom is -0.341 e. The number of urea groups is 1. The lowest BCUT2D eigenvalue weighted by molar-refractivity contribution is -0.144. The molecule has 0 aromatic heterocycles. The molecule has 4 rings (SSSR count). The predicted octanol–water partition coefficient (Wildman–Crippen LogP) is 3.70. The van der Waals surface area contributed by atoms with E-state index in [2.05, 4.69) is 11.9 Å². The van der Waals surface area contributed by atoms with Crippen molar-refractivity contribution in [1.82, 2.24) is 20.0 Å². The Morgan fingerprint density at radius 3 is 2.46 bits per heavy atom. The standard InChI is InChI=1S/C25H29F3N4O3/c1-4-11-31-18-14-32(21(15(2)3)23(34)30-12-7-8-13-30)22(33)19(18)20(29-24(31)35)16-9-5-6-10-17(16)25(26,27)28/h4-6,9-10,15,20-21H,1,7-8,11-14H2,2-3H3,(H,29,35)/t20-,21-/m1/s1. The lowest BCUT2D eigenvalue weighted by Gasteiger charge is -2.34. The molecule has 1 N–H and O–H groups in total. The molecule has 3 heterocycles. The second-order valence-electron chi connectivity index (χ2n) is 9.38. The largest absolute Gasteiger partial charge is 0.416 e. The summed E-state index contributed by atoms with van der Waals surface area (Å²) in [5.41, 5.74) is -0.765. The van der Waals surface area contributed by atoms with Gasteiger partial charge in [0.15, 0.2) is 0 Å². The average Bonchev–Trinajstić information content (AvgIpc) is 3.44. The Bertz CT molecular complexity index is 1080. The lowest BCUT2D eigenvalue weighted by Crippen LogP contribution is -2.52. The Balaban J connectivity index is 1.79. The summed E-state index contributed by atoms with van der Waals surface area (Å²) in [6.07, 6.45) is -1.41. The zero-order chi connectivity index (χ0) is 25.5. The van der Waals surface area contributed by atoms with Crippen LogP contribution in [-0.4, -0.2) is 64.8 Å². The molecule has 3 aliphatic rings. The second kappa shape index (κ2) is 9.39. The van der Waals surface area contributed by atoms with Crippen molar-refractivity contribution in [2.75, 3.05) is 26.2 Å². The highest BCUT2D eigenvalue weighted by atomic mass is 19.4. The number of carbonyl (C=O) groups excluding carboxylic acids is 3. The van der Waals surface area contributed by atoms with Gasteiger partial charge in [-0.2, -0.15) is 13.2 Å². The SMILES string of the molecule is C=CCN1C(=O)N[C@H](c2ccccc2C(F)(F)F)C2=C1CN([C@@H](C(=O)N1CCCC1)C(C)C)C2=O. The number of rotatable bonds is 6. The minimum atomic E-state index is -4.67. The maximum atomic E-state index is 13.8. The van der Waals surface area contributed by atoms with Crippen LogP contribution < -0.4 is 5.32 Å². The third-order valence-electron chi connectivity index (χ3n) is 6.78. The first-order valence-corrected chi connectivity index (χ1v) is 11.7. The first-order chi connectivity index (χ1) is 16.6. The lowest BCUT2D eigenvalue weighted by atomic mass is 9.91. The second-order valence-corrected chi connectivity index (χ2v) is 9.38. The van der Waals surface area contributed by atoms with Gasteiger partial charge in [-0.15, -0.1) is 6.58 Å². The predicted molar refractivity (Wildman–Crippen MR) is 123 cm³/mol. The number of nitrogens with one attached hydrogen (secondary N) is 1. The molecule has 35 heavy (non-hydrogen) atoms. The Morgan fingerprint density at radius 2 is 1.86 bits per heavy atom. The molecule has 7 nitrogen and oxygen atoms in total. The molecule has 0 saturated carbocycles. The molecule has 1 aromatic rings. The van der Waals surface area contributed by atoms with E-state index in [1.54, 1.807) is 4.90 Å². The van der Waals surface area contributed by atoms with Gasteiger partial charge in [0.1, 0.15) is 6.04 Å². The van der Waals surface area contributed by atoms with Crippen LogP contribution in [-0.2, 0) is 15.8 Å². The van der Waals surface area contributed by atoms with Crippen LogP contribution in [0.25, 0.3) is 0 Å². The Kier molecular flexibility index (Phi) is 6.66. The van der Waals surface area contributed by atoms with Gasteiger partial charge < -0.3 is 15.1 Å². The van der Waals surface area contributed by atoms with Gasteiger partial charge in [-0.25, -0.2) is 4.79 Å². The molecule has 1 fully saturated rings. The van der Waals surface area contributed by atoms with Gasteiger partial charge in [0.05, 0.1) is 29.4 Å². The van der Waals surface area contributed by atoms with Gasteiger partial charge in [0, 0.05) is 19.6 Å². The molecule has 2 atom stereocenters.